The molecule has 6 heteroatoms. The van der Waals surface area contributed by atoms with Crippen LogP contribution in [0.25, 0.3) is 5.57 Å². The first-order chi connectivity index (χ1) is 9.22. The van der Waals surface area contributed by atoms with Crippen LogP contribution >= 0.6 is 0 Å². The van der Waals surface area contributed by atoms with Gasteiger partial charge in [-0.25, -0.2) is 26.3 Å². The molecule has 0 N–H and O–H groups in total. The van der Waals surface area contributed by atoms with Gasteiger partial charge in [0.15, 0.2) is 11.8 Å². The molecule has 2 rings (SSSR count). The third-order valence-corrected chi connectivity index (χ3v) is 3.76. The van der Waals surface area contributed by atoms with E-state index in [1.807, 2.05) is 0 Å². The highest BCUT2D eigenvalue weighted by Crippen LogP contribution is 2.55. The minimum absolute atomic E-state index is 0.712. The number of benzene rings is 1. The third kappa shape index (κ3) is 2.01. The van der Waals surface area contributed by atoms with Crippen molar-refractivity contribution in [2.45, 2.75) is 31.9 Å². The molecule has 110 valence electrons. The van der Waals surface area contributed by atoms with Crippen LogP contribution in [0.5, 0.6) is 0 Å². The highest BCUT2D eigenvalue weighted by atomic mass is 19.2. The number of hydrogen-bond donors (Lipinski definition) is 0. The normalized spacial score (nSPS) is 31.8. The molecule has 1 aromatic rings. The maximum atomic E-state index is 13.9. The smallest absolute Gasteiger partial charge is 0.189 e. The van der Waals surface area contributed by atoms with Crippen LogP contribution in [0.15, 0.2) is 24.0 Å². The van der Waals surface area contributed by atoms with E-state index in [2.05, 4.69) is 0 Å². The SMILES string of the molecule is C/C(=C(/F)C(F)C1(F)C(C)C1F)c1c(F)cccc1F. The molecule has 0 amide bonds. The number of allylic oxidation sites excluding steroid dienone is 2. The van der Waals surface area contributed by atoms with Gasteiger partial charge < -0.3 is 0 Å². The van der Waals surface area contributed by atoms with Crippen molar-refractivity contribution in [3.8, 4) is 0 Å². The Balaban J connectivity index is 2.42. The molecule has 4 unspecified atom stereocenters. The predicted octanol–water partition coefficient (Wildman–Crippen LogP) is 4.70. The molecule has 1 aromatic carbocycles. The first-order valence-electron chi connectivity index (χ1n) is 6.00. The number of alkyl halides is 3. The lowest BCUT2D eigenvalue weighted by atomic mass is 10.0. The summed E-state index contributed by atoms with van der Waals surface area (Å²) in [6, 6.07) is 2.79. The summed E-state index contributed by atoms with van der Waals surface area (Å²) >= 11 is 0. The van der Waals surface area contributed by atoms with E-state index < -0.39 is 52.5 Å². The highest BCUT2D eigenvalue weighted by molar-refractivity contribution is 5.67. The Kier molecular flexibility index (Phi) is 3.60. The maximum Gasteiger partial charge on any atom is 0.189 e. The molecule has 1 aliphatic carbocycles. The van der Waals surface area contributed by atoms with Gasteiger partial charge in [0.1, 0.15) is 23.6 Å². The summed E-state index contributed by atoms with van der Waals surface area (Å²) < 4.78 is 81.4. The van der Waals surface area contributed by atoms with Crippen molar-refractivity contribution in [1.82, 2.24) is 0 Å². The molecular formula is C14H12F6. The van der Waals surface area contributed by atoms with E-state index in [-0.39, 0.29) is 0 Å². The van der Waals surface area contributed by atoms with Crippen molar-refractivity contribution in [3.63, 3.8) is 0 Å². The van der Waals surface area contributed by atoms with Crippen molar-refractivity contribution in [1.29, 1.82) is 0 Å². The molecule has 0 aliphatic heterocycles. The molecule has 0 aromatic heterocycles. The monoisotopic (exact) mass is 294 g/mol. The van der Waals surface area contributed by atoms with Crippen LogP contribution in [-0.4, -0.2) is 18.0 Å². The van der Waals surface area contributed by atoms with Gasteiger partial charge in [-0.3, -0.25) is 0 Å². The molecule has 4 atom stereocenters. The molecule has 0 bridgehead atoms. The predicted molar refractivity (Wildman–Crippen MR) is 62.9 cm³/mol. The van der Waals surface area contributed by atoms with Gasteiger partial charge in [0.25, 0.3) is 0 Å². The van der Waals surface area contributed by atoms with Crippen LogP contribution in [-0.2, 0) is 0 Å². The van der Waals surface area contributed by atoms with Crippen LogP contribution < -0.4 is 0 Å². The first-order valence-corrected chi connectivity index (χ1v) is 6.00. The summed E-state index contributed by atoms with van der Waals surface area (Å²) in [5.41, 5.74) is -4.45. The Bertz CT molecular complexity index is 537. The van der Waals surface area contributed by atoms with E-state index in [1.54, 1.807) is 0 Å². The quantitative estimate of drug-likeness (QED) is 0.709. The van der Waals surface area contributed by atoms with Crippen molar-refractivity contribution in [2.24, 2.45) is 5.92 Å². The third-order valence-electron chi connectivity index (χ3n) is 3.76. The summed E-state index contributed by atoms with van der Waals surface area (Å²) in [7, 11) is 0. The number of rotatable bonds is 3. The van der Waals surface area contributed by atoms with Crippen molar-refractivity contribution in [3.05, 3.63) is 41.2 Å². The average molecular weight is 294 g/mol. The molecule has 0 heterocycles. The Morgan fingerprint density at radius 1 is 1.25 bits per heavy atom. The van der Waals surface area contributed by atoms with Gasteiger partial charge >= 0.3 is 0 Å². The largest absolute Gasteiger partial charge is 0.243 e. The molecule has 0 saturated heterocycles. The molecule has 0 spiro atoms. The standard InChI is InChI=1S/C14H12F6/c1-6(10-8(15)4-3-5-9(10)16)11(17)13(19)14(20)7(2)12(14)18/h3-5,7,12-13H,1-2H3/b11-6-. The van der Waals surface area contributed by atoms with Crippen LogP contribution in [0.1, 0.15) is 19.4 Å². The van der Waals surface area contributed by atoms with E-state index in [0.29, 0.717) is 0 Å². The van der Waals surface area contributed by atoms with Gasteiger partial charge in [0.2, 0.25) is 0 Å². The van der Waals surface area contributed by atoms with Crippen molar-refractivity contribution in [2.75, 3.05) is 0 Å². The van der Waals surface area contributed by atoms with Gasteiger partial charge in [-0.1, -0.05) is 13.0 Å². The molecule has 0 radical (unpaired) electrons. The Hall–Kier alpha value is -1.46. The minimum Gasteiger partial charge on any atom is -0.243 e. The maximum absolute atomic E-state index is 13.9. The fourth-order valence-corrected chi connectivity index (χ4v) is 2.22. The molecule has 20 heavy (non-hydrogen) atoms. The van der Waals surface area contributed by atoms with Gasteiger partial charge in [-0.15, -0.1) is 0 Å². The summed E-state index contributed by atoms with van der Waals surface area (Å²) in [5.74, 6) is -5.18. The van der Waals surface area contributed by atoms with Crippen LogP contribution in [0.2, 0.25) is 0 Å². The fraction of sp³-hybridized carbons (Fsp3) is 0.429. The van der Waals surface area contributed by atoms with E-state index in [1.165, 1.54) is 0 Å². The zero-order valence-electron chi connectivity index (χ0n) is 10.7. The number of halogens is 6. The lowest BCUT2D eigenvalue weighted by molar-refractivity contribution is 0.119. The zero-order chi connectivity index (χ0) is 15.2. The van der Waals surface area contributed by atoms with Gasteiger partial charge in [0, 0.05) is 5.92 Å². The Morgan fingerprint density at radius 2 is 1.70 bits per heavy atom. The molecular weight excluding hydrogens is 282 g/mol. The Labute approximate surface area is 112 Å². The van der Waals surface area contributed by atoms with Crippen LogP contribution in [0, 0.1) is 17.6 Å². The summed E-state index contributed by atoms with van der Waals surface area (Å²) in [4.78, 5) is 0. The van der Waals surface area contributed by atoms with E-state index in [0.717, 1.165) is 32.0 Å². The zero-order valence-corrected chi connectivity index (χ0v) is 10.7. The molecule has 0 nitrogen and oxygen atoms in total. The van der Waals surface area contributed by atoms with Gasteiger partial charge in [0.05, 0.1) is 5.56 Å². The minimum atomic E-state index is -2.97. The second-order valence-corrected chi connectivity index (χ2v) is 4.95. The van der Waals surface area contributed by atoms with Gasteiger partial charge in [-0.05, 0) is 24.6 Å². The van der Waals surface area contributed by atoms with E-state index >= 15 is 0 Å². The van der Waals surface area contributed by atoms with Crippen molar-refractivity contribution < 1.29 is 26.3 Å². The summed E-state index contributed by atoms with van der Waals surface area (Å²) in [5, 5.41) is 0. The summed E-state index contributed by atoms with van der Waals surface area (Å²) in [6.07, 6.45) is -5.01. The van der Waals surface area contributed by atoms with Crippen LogP contribution in [0.4, 0.5) is 26.3 Å². The van der Waals surface area contributed by atoms with Gasteiger partial charge in [-0.2, -0.15) is 0 Å². The average Bonchev–Trinajstić information content (AvgIpc) is 2.89. The molecule has 1 fully saturated rings. The Morgan fingerprint density at radius 3 is 2.10 bits per heavy atom. The lowest BCUT2D eigenvalue weighted by Gasteiger charge is -2.14. The van der Waals surface area contributed by atoms with E-state index in [9.17, 15) is 26.3 Å². The van der Waals surface area contributed by atoms with Crippen LogP contribution in [0.3, 0.4) is 0 Å². The van der Waals surface area contributed by atoms with Crippen molar-refractivity contribution >= 4 is 5.57 Å². The number of hydrogen-bond acceptors (Lipinski definition) is 0. The second kappa shape index (κ2) is 4.82. The topological polar surface area (TPSA) is 0 Å². The van der Waals surface area contributed by atoms with E-state index in [4.69, 9.17) is 0 Å². The summed E-state index contributed by atoms with van der Waals surface area (Å²) in [6.45, 7) is 2.02. The highest BCUT2D eigenvalue weighted by Gasteiger charge is 2.71. The fourth-order valence-electron chi connectivity index (χ4n) is 2.22. The molecule has 1 aliphatic rings. The lowest BCUT2D eigenvalue weighted by Crippen LogP contribution is -2.24. The first kappa shape index (κ1) is 14.9. The molecule has 1 saturated carbocycles. The second-order valence-electron chi connectivity index (χ2n) is 4.95.